The Hall–Kier alpha value is -5.34. The Kier molecular flexibility index (Phi) is 11.4. The first kappa shape index (κ1) is 36.5. The number of ether oxygens (including phenoxy) is 3. The second-order valence-corrected chi connectivity index (χ2v) is 12.6. The minimum Gasteiger partial charge on any atom is -0.481 e. The highest BCUT2D eigenvalue weighted by Crippen LogP contribution is 2.29. The molecule has 14 nitrogen and oxygen atoms in total. The first-order valence-corrected chi connectivity index (χ1v) is 15.9. The molecule has 0 fully saturated rings. The van der Waals surface area contributed by atoms with Crippen LogP contribution in [0.25, 0.3) is 22.8 Å². The summed E-state index contributed by atoms with van der Waals surface area (Å²) in [4.78, 5) is 47.3. The van der Waals surface area contributed by atoms with Crippen LogP contribution in [0, 0.1) is 5.82 Å². The predicted molar refractivity (Wildman–Crippen MR) is 174 cm³/mol. The Balaban J connectivity index is 1.46. The summed E-state index contributed by atoms with van der Waals surface area (Å²) in [5.41, 5.74) is -2.38. The molecule has 4 rings (SSSR count). The number of nitrogens with zero attached hydrogens (tertiary/aromatic N) is 4. The molecule has 0 spiro atoms. The van der Waals surface area contributed by atoms with Crippen LogP contribution in [0.1, 0.15) is 102 Å². The van der Waals surface area contributed by atoms with E-state index in [1.807, 2.05) is 20.8 Å². The lowest BCUT2D eigenvalue weighted by atomic mass is 10.1. The van der Waals surface area contributed by atoms with E-state index in [0.717, 1.165) is 11.6 Å². The number of halogens is 1. The summed E-state index contributed by atoms with van der Waals surface area (Å²) in [6, 6.07) is 10.8. The predicted octanol–water partition coefficient (Wildman–Crippen LogP) is 6.50. The number of hydrogen-bond acceptors (Lipinski definition) is 12. The van der Waals surface area contributed by atoms with Gasteiger partial charge in [0, 0.05) is 17.0 Å². The summed E-state index contributed by atoms with van der Waals surface area (Å²) in [6.45, 7) is 13.8. The van der Waals surface area contributed by atoms with Gasteiger partial charge in [-0.25, -0.2) is 14.0 Å². The van der Waals surface area contributed by atoms with Gasteiger partial charge >= 0.3 is 12.1 Å². The molecule has 0 aliphatic heterocycles. The van der Waals surface area contributed by atoms with Crippen molar-refractivity contribution in [1.29, 1.82) is 0 Å². The zero-order chi connectivity index (χ0) is 35.9. The topological polar surface area (TPSA) is 181 Å². The summed E-state index contributed by atoms with van der Waals surface area (Å²) in [7, 11) is 0. The van der Waals surface area contributed by atoms with Crippen molar-refractivity contribution in [3.8, 4) is 28.5 Å². The fourth-order valence-electron chi connectivity index (χ4n) is 4.34. The Morgan fingerprint density at radius 2 is 1.49 bits per heavy atom. The lowest BCUT2D eigenvalue weighted by molar-refractivity contribution is -0.152. The molecule has 2 amide bonds. The van der Waals surface area contributed by atoms with Crippen molar-refractivity contribution < 1.29 is 42.0 Å². The molecular weight excluding hydrogens is 639 g/mol. The largest absolute Gasteiger partial charge is 0.481 e. The molecule has 49 heavy (non-hydrogen) atoms. The van der Waals surface area contributed by atoms with E-state index in [4.69, 9.17) is 23.3 Å². The second kappa shape index (κ2) is 15.3. The highest BCUT2D eigenvalue weighted by atomic mass is 19.1. The van der Waals surface area contributed by atoms with E-state index < -0.39 is 46.7 Å². The van der Waals surface area contributed by atoms with Crippen LogP contribution in [0.4, 0.5) is 9.18 Å². The molecule has 2 N–H and O–H groups in total. The van der Waals surface area contributed by atoms with E-state index in [9.17, 15) is 14.4 Å². The number of rotatable bonds is 13. The lowest BCUT2D eigenvalue weighted by Gasteiger charge is -2.31. The third-order valence-corrected chi connectivity index (χ3v) is 6.85. The summed E-state index contributed by atoms with van der Waals surface area (Å²) >= 11 is 0. The van der Waals surface area contributed by atoms with Crippen LogP contribution in [0.5, 0.6) is 5.75 Å². The normalized spacial score (nSPS) is 13.3. The van der Waals surface area contributed by atoms with Crippen LogP contribution >= 0.6 is 0 Å². The van der Waals surface area contributed by atoms with Gasteiger partial charge in [-0.1, -0.05) is 44.1 Å². The van der Waals surface area contributed by atoms with Crippen molar-refractivity contribution in [2.45, 2.75) is 91.5 Å². The summed E-state index contributed by atoms with van der Waals surface area (Å²) in [6.07, 6.45) is -0.614. The number of benzene rings is 2. The number of aromatic nitrogens is 4. The molecular formula is C34H41FN6O8. The Morgan fingerprint density at radius 3 is 2.06 bits per heavy atom. The molecule has 0 bridgehead atoms. The molecule has 2 aromatic carbocycles. The number of hydrogen-bond donors (Lipinski definition) is 2. The maximum Gasteiger partial charge on any atom is 0.409 e. The fraction of sp³-hybridized carbons (Fsp3) is 0.441. The van der Waals surface area contributed by atoms with Gasteiger partial charge in [-0.2, -0.15) is 9.97 Å². The van der Waals surface area contributed by atoms with Crippen LogP contribution in [-0.2, 0) is 14.3 Å². The van der Waals surface area contributed by atoms with Crippen LogP contribution in [0.2, 0.25) is 0 Å². The van der Waals surface area contributed by atoms with Crippen molar-refractivity contribution >= 4 is 18.0 Å². The molecule has 15 heteroatoms. The second-order valence-electron chi connectivity index (χ2n) is 12.6. The van der Waals surface area contributed by atoms with Crippen molar-refractivity contribution in [1.82, 2.24) is 30.9 Å². The molecule has 2 unspecified atom stereocenters. The lowest BCUT2D eigenvalue weighted by Crippen LogP contribution is -2.64. The quantitative estimate of drug-likeness (QED) is 0.116. The number of alkyl carbamates (subject to hydrolysis) is 1. The van der Waals surface area contributed by atoms with Gasteiger partial charge < -0.3 is 28.6 Å². The molecule has 4 aromatic rings. The average molecular weight is 681 g/mol. The van der Waals surface area contributed by atoms with Crippen molar-refractivity contribution in [3.63, 3.8) is 0 Å². The number of carbonyl (C=O) groups excluding carboxylic acids is 3. The zero-order valence-corrected chi connectivity index (χ0v) is 28.8. The SMILES string of the molecule is CCCOC(=O)C(C)(NC(=O)OC(C)(C)C)NC(=O)c1ccc(-c2noc(C(CC)Oc3ccc(-c4noc(C(C)C)n4)cc3)n2)cc1F. The van der Waals surface area contributed by atoms with E-state index in [0.29, 0.717) is 30.3 Å². The van der Waals surface area contributed by atoms with Crippen molar-refractivity contribution in [2.75, 3.05) is 6.61 Å². The van der Waals surface area contributed by atoms with E-state index >= 15 is 4.39 Å². The molecule has 0 aliphatic rings. The molecule has 0 radical (unpaired) electrons. The molecule has 262 valence electrons. The van der Waals surface area contributed by atoms with E-state index in [2.05, 4.69) is 30.9 Å². The van der Waals surface area contributed by atoms with Gasteiger partial charge in [0.1, 0.15) is 17.2 Å². The first-order chi connectivity index (χ1) is 23.1. The average Bonchev–Trinajstić information content (AvgIpc) is 3.73. The van der Waals surface area contributed by atoms with Crippen molar-refractivity contribution in [2.24, 2.45) is 0 Å². The van der Waals surface area contributed by atoms with Crippen molar-refractivity contribution in [3.05, 3.63) is 65.6 Å². The molecule has 0 saturated heterocycles. The minimum absolute atomic E-state index is 0.0347. The smallest absolute Gasteiger partial charge is 0.409 e. The van der Waals surface area contributed by atoms with Crippen LogP contribution in [0.3, 0.4) is 0 Å². The molecule has 0 saturated carbocycles. The first-order valence-electron chi connectivity index (χ1n) is 15.9. The van der Waals surface area contributed by atoms with Gasteiger partial charge in [0.15, 0.2) is 6.10 Å². The maximum absolute atomic E-state index is 15.4. The van der Waals surface area contributed by atoms with Gasteiger partial charge in [0.25, 0.3) is 11.8 Å². The van der Waals surface area contributed by atoms with Crippen LogP contribution in [0.15, 0.2) is 51.5 Å². The van der Waals surface area contributed by atoms with Gasteiger partial charge in [-0.05, 0) is 76.9 Å². The van der Waals surface area contributed by atoms with Gasteiger partial charge in [0.05, 0.1) is 12.2 Å². The Bertz CT molecular complexity index is 1760. The standard InChI is InChI=1S/C34H41FN6O8/c1-9-17-45-31(43)34(8,39-32(44)47-33(5,6)7)38-28(42)23-16-13-21(18-24(23)35)27-37-30(49-41-27)25(10-2)46-22-14-11-20(12-15-22)26-36-29(19(3)4)48-40-26/h11-16,18-19,25H,9-10,17H2,1-8H3,(H,38,42)(H,39,44). The number of amides is 2. The highest BCUT2D eigenvalue weighted by molar-refractivity contribution is 5.99. The molecule has 2 aromatic heterocycles. The highest BCUT2D eigenvalue weighted by Gasteiger charge is 2.40. The van der Waals surface area contributed by atoms with E-state index in [-0.39, 0.29) is 29.8 Å². The third-order valence-electron chi connectivity index (χ3n) is 6.85. The number of nitrogens with one attached hydrogen (secondary N) is 2. The molecule has 0 aliphatic carbocycles. The maximum atomic E-state index is 15.4. The molecule has 2 heterocycles. The Morgan fingerprint density at radius 1 is 0.878 bits per heavy atom. The van der Waals surface area contributed by atoms with Crippen LogP contribution in [-0.4, -0.2) is 56.1 Å². The Labute approximate surface area is 283 Å². The van der Waals surface area contributed by atoms with Gasteiger partial charge in [-0.3, -0.25) is 10.1 Å². The fourth-order valence-corrected chi connectivity index (χ4v) is 4.34. The van der Waals surface area contributed by atoms with Crippen LogP contribution < -0.4 is 15.4 Å². The third kappa shape index (κ3) is 9.39. The van der Waals surface area contributed by atoms with Gasteiger partial charge in [-0.15, -0.1) is 0 Å². The van der Waals surface area contributed by atoms with E-state index in [1.54, 1.807) is 52.0 Å². The minimum atomic E-state index is -2.07. The number of carbonyl (C=O) groups is 3. The monoisotopic (exact) mass is 680 g/mol. The van der Waals surface area contributed by atoms with Gasteiger partial charge in [0.2, 0.25) is 23.2 Å². The summed E-state index contributed by atoms with van der Waals surface area (Å²) < 4.78 is 42.6. The molecule has 2 atom stereocenters. The zero-order valence-electron chi connectivity index (χ0n) is 28.8. The summed E-state index contributed by atoms with van der Waals surface area (Å²) in [5, 5.41) is 12.7. The van der Waals surface area contributed by atoms with E-state index in [1.165, 1.54) is 19.1 Å². The summed E-state index contributed by atoms with van der Waals surface area (Å²) in [5.74, 6) is -0.984. The number of esters is 1.